The Hall–Kier alpha value is -3.94. The maximum atomic E-state index is 13.4. The summed E-state index contributed by atoms with van der Waals surface area (Å²) >= 11 is 0. The van der Waals surface area contributed by atoms with E-state index in [9.17, 15) is 18.8 Å². The number of rotatable bonds is 7. The molecular formula is C25H22FNO6. The van der Waals surface area contributed by atoms with Crippen LogP contribution in [0.15, 0.2) is 50.2 Å². The summed E-state index contributed by atoms with van der Waals surface area (Å²) in [5.74, 6) is -1.66. The predicted octanol–water partition coefficient (Wildman–Crippen LogP) is 4.49. The van der Waals surface area contributed by atoms with Crippen LogP contribution in [0, 0.1) is 19.7 Å². The Bertz CT molecular complexity index is 1430. The van der Waals surface area contributed by atoms with Crippen LogP contribution in [0.2, 0.25) is 0 Å². The number of furan rings is 1. The third kappa shape index (κ3) is 4.37. The molecule has 8 heteroatoms. The lowest BCUT2D eigenvalue weighted by atomic mass is 9.97. The molecule has 0 saturated carbocycles. The van der Waals surface area contributed by atoms with Gasteiger partial charge in [0.15, 0.2) is 0 Å². The van der Waals surface area contributed by atoms with E-state index in [0.717, 1.165) is 16.5 Å². The van der Waals surface area contributed by atoms with Gasteiger partial charge < -0.3 is 19.3 Å². The lowest BCUT2D eigenvalue weighted by Crippen LogP contribution is -2.29. The van der Waals surface area contributed by atoms with Crippen molar-refractivity contribution in [3.05, 3.63) is 69.5 Å². The summed E-state index contributed by atoms with van der Waals surface area (Å²) in [6.45, 7) is 3.76. The number of benzene rings is 2. The van der Waals surface area contributed by atoms with Crippen LogP contribution in [0.1, 0.15) is 29.5 Å². The van der Waals surface area contributed by atoms with Crippen molar-refractivity contribution in [1.29, 1.82) is 0 Å². The molecule has 1 amide bonds. The number of carboxylic acids is 1. The van der Waals surface area contributed by atoms with E-state index in [4.69, 9.17) is 13.9 Å². The van der Waals surface area contributed by atoms with E-state index in [2.05, 4.69) is 5.32 Å². The van der Waals surface area contributed by atoms with Gasteiger partial charge in [-0.2, -0.15) is 0 Å². The molecular weight excluding hydrogens is 429 g/mol. The minimum Gasteiger partial charge on any atom is -0.481 e. The number of fused-ring (bicyclic) bond motifs is 2. The van der Waals surface area contributed by atoms with Crippen LogP contribution in [-0.4, -0.2) is 23.5 Å². The number of hydrogen-bond donors (Lipinski definition) is 2. The number of carbonyl (C=O) groups excluding carboxylic acids is 1. The second-order valence-corrected chi connectivity index (χ2v) is 7.93. The highest BCUT2D eigenvalue weighted by atomic mass is 19.1. The first-order valence-corrected chi connectivity index (χ1v) is 10.5. The number of carboxylic acid groups (broad SMARTS) is 1. The van der Waals surface area contributed by atoms with Gasteiger partial charge in [-0.1, -0.05) is 12.1 Å². The van der Waals surface area contributed by atoms with E-state index in [1.807, 2.05) is 6.07 Å². The fourth-order valence-corrected chi connectivity index (χ4v) is 3.94. The Morgan fingerprint density at radius 3 is 2.48 bits per heavy atom. The predicted molar refractivity (Wildman–Crippen MR) is 121 cm³/mol. The third-order valence-electron chi connectivity index (χ3n) is 5.72. The molecule has 2 aromatic heterocycles. The second-order valence-electron chi connectivity index (χ2n) is 7.93. The van der Waals surface area contributed by atoms with Crippen LogP contribution >= 0.6 is 0 Å². The molecule has 0 atom stereocenters. The molecule has 0 aliphatic heterocycles. The van der Waals surface area contributed by atoms with Gasteiger partial charge in [0.1, 0.15) is 17.0 Å². The second kappa shape index (κ2) is 8.90. The summed E-state index contributed by atoms with van der Waals surface area (Å²) in [5.41, 5.74) is 3.42. The minimum absolute atomic E-state index is 0.0478. The average Bonchev–Trinajstić information content (AvgIpc) is 3.20. The Balaban J connectivity index is 1.73. The lowest BCUT2D eigenvalue weighted by Gasteiger charge is -2.10. The maximum Gasteiger partial charge on any atom is 0.340 e. The van der Waals surface area contributed by atoms with E-state index in [1.54, 1.807) is 32.2 Å². The van der Waals surface area contributed by atoms with Gasteiger partial charge in [0.05, 0.1) is 18.2 Å². The van der Waals surface area contributed by atoms with Gasteiger partial charge in [-0.3, -0.25) is 9.59 Å². The molecule has 7 nitrogen and oxygen atoms in total. The summed E-state index contributed by atoms with van der Waals surface area (Å²) in [7, 11) is 0. The molecule has 0 fully saturated rings. The zero-order valence-electron chi connectivity index (χ0n) is 18.2. The first-order chi connectivity index (χ1) is 15.8. The molecule has 2 heterocycles. The molecule has 0 radical (unpaired) electrons. The summed E-state index contributed by atoms with van der Waals surface area (Å²) in [5, 5.41) is 12.8. The number of nitrogens with one attached hydrogen (secondary N) is 1. The van der Waals surface area contributed by atoms with Gasteiger partial charge in [-0.25, -0.2) is 9.18 Å². The van der Waals surface area contributed by atoms with Gasteiger partial charge in [0.2, 0.25) is 5.91 Å². The van der Waals surface area contributed by atoms with Crippen molar-refractivity contribution in [3.63, 3.8) is 0 Å². The van der Waals surface area contributed by atoms with E-state index in [0.29, 0.717) is 34.1 Å². The monoisotopic (exact) mass is 451 g/mol. The summed E-state index contributed by atoms with van der Waals surface area (Å²) in [6, 6.07) is 7.93. The highest BCUT2D eigenvalue weighted by molar-refractivity contribution is 6.05. The normalized spacial score (nSPS) is 11.2. The van der Waals surface area contributed by atoms with Crippen LogP contribution < -0.4 is 10.9 Å². The van der Waals surface area contributed by atoms with Gasteiger partial charge in [0, 0.05) is 34.9 Å². The van der Waals surface area contributed by atoms with Crippen LogP contribution in [0.4, 0.5) is 4.39 Å². The fraction of sp³-hybridized carbons (Fsp3) is 0.240. The van der Waals surface area contributed by atoms with Crippen molar-refractivity contribution in [1.82, 2.24) is 5.32 Å². The average molecular weight is 451 g/mol. The lowest BCUT2D eigenvalue weighted by molar-refractivity contribution is -0.137. The molecule has 170 valence electrons. The van der Waals surface area contributed by atoms with E-state index < -0.39 is 11.6 Å². The number of hydrogen-bond acceptors (Lipinski definition) is 5. The van der Waals surface area contributed by atoms with Crippen LogP contribution in [-0.2, 0) is 16.0 Å². The van der Waals surface area contributed by atoms with E-state index in [-0.39, 0.29) is 36.7 Å². The van der Waals surface area contributed by atoms with Crippen molar-refractivity contribution < 1.29 is 27.9 Å². The smallest absolute Gasteiger partial charge is 0.340 e. The molecule has 0 unspecified atom stereocenters. The molecule has 2 aromatic carbocycles. The summed E-state index contributed by atoms with van der Waals surface area (Å²) < 4.78 is 24.7. The Morgan fingerprint density at radius 2 is 1.79 bits per heavy atom. The van der Waals surface area contributed by atoms with Gasteiger partial charge in [-0.05, 0) is 49.6 Å². The third-order valence-corrected chi connectivity index (χ3v) is 5.72. The van der Waals surface area contributed by atoms with Crippen molar-refractivity contribution in [2.75, 3.05) is 6.54 Å². The Labute approximate surface area is 187 Å². The number of halogens is 1. The highest BCUT2D eigenvalue weighted by Gasteiger charge is 2.20. The standard InChI is InChI=1S/C25H22FNO6/c1-13-17-10-19-20(15-5-7-16(26)8-6-15)12-32-23(19)14(2)24(17)33-25(31)18(13)11-21(28)27-9-3-4-22(29)30/h5-8,10,12H,3-4,9,11H2,1-2H3,(H,27,28)(H,29,30). The molecule has 4 rings (SSSR count). The fourth-order valence-electron chi connectivity index (χ4n) is 3.94. The summed E-state index contributed by atoms with van der Waals surface area (Å²) in [6.07, 6.45) is 1.66. The first kappa shape index (κ1) is 22.3. The largest absolute Gasteiger partial charge is 0.481 e. The van der Waals surface area contributed by atoms with Crippen LogP contribution in [0.5, 0.6) is 0 Å². The molecule has 4 aromatic rings. The number of aryl methyl sites for hydroxylation is 2. The number of carbonyl (C=O) groups is 2. The van der Waals surface area contributed by atoms with Crippen molar-refractivity contribution in [2.24, 2.45) is 0 Å². The Morgan fingerprint density at radius 1 is 1.06 bits per heavy atom. The maximum absolute atomic E-state index is 13.4. The van der Waals surface area contributed by atoms with E-state index in [1.165, 1.54) is 12.1 Å². The van der Waals surface area contributed by atoms with Crippen LogP contribution in [0.25, 0.3) is 33.1 Å². The number of amides is 1. The van der Waals surface area contributed by atoms with Gasteiger partial charge in [-0.15, -0.1) is 0 Å². The number of aliphatic carboxylic acids is 1. The molecule has 0 bridgehead atoms. The molecule has 0 spiro atoms. The minimum atomic E-state index is -0.934. The van der Waals surface area contributed by atoms with Crippen molar-refractivity contribution in [2.45, 2.75) is 33.1 Å². The van der Waals surface area contributed by atoms with Gasteiger partial charge in [0.25, 0.3) is 0 Å². The van der Waals surface area contributed by atoms with Crippen molar-refractivity contribution >= 4 is 33.8 Å². The van der Waals surface area contributed by atoms with Crippen molar-refractivity contribution in [3.8, 4) is 11.1 Å². The first-order valence-electron chi connectivity index (χ1n) is 10.5. The zero-order chi connectivity index (χ0) is 23.7. The van der Waals surface area contributed by atoms with Gasteiger partial charge >= 0.3 is 11.6 Å². The molecule has 33 heavy (non-hydrogen) atoms. The zero-order valence-corrected chi connectivity index (χ0v) is 18.2. The molecule has 0 saturated heterocycles. The molecule has 0 aliphatic rings. The topological polar surface area (TPSA) is 110 Å². The van der Waals surface area contributed by atoms with Crippen LogP contribution in [0.3, 0.4) is 0 Å². The SMILES string of the molecule is Cc1c(CC(=O)NCCCC(=O)O)c(=O)oc2c(C)c3occ(-c4ccc(F)cc4)c3cc12. The highest BCUT2D eigenvalue weighted by Crippen LogP contribution is 2.37. The Kier molecular flexibility index (Phi) is 6.00. The molecule has 2 N–H and O–H groups in total. The van der Waals surface area contributed by atoms with E-state index >= 15 is 0 Å². The molecule has 0 aliphatic carbocycles. The summed E-state index contributed by atoms with van der Waals surface area (Å²) in [4.78, 5) is 35.6. The quantitative estimate of drug-likeness (QED) is 0.317.